The fourth-order valence-electron chi connectivity index (χ4n) is 3.46. The average molecular weight is 374 g/mol. The molecule has 2 rings (SSSR count). The number of pyridine rings is 1. The summed E-state index contributed by atoms with van der Waals surface area (Å²) in [5.41, 5.74) is 2.22. The smallest absolute Gasteiger partial charge is 0.246 e. The molecule has 0 saturated carbocycles. The lowest BCUT2D eigenvalue weighted by Crippen LogP contribution is -2.49. The van der Waals surface area contributed by atoms with Crippen molar-refractivity contribution >= 4 is 5.91 Å². The summed E-state index contributed by atoms with van der Waals surface area (Å²) in [4.78, 5) is 20.5. The Bertz CT molecular complexity index is 663. The van der Waals surface area contributed by atoms with Gasteiger partial charge in [-0.3, -0.25) is 14.7 Å². The molecule has 5 nitrogen and oxygen atoms in total. The normalized spacial score (nSPS) is 16.3. The monoisotopic (exact) mass is 373 g/mol. The van der Waals surface area contributed by atoms with Crippen molar-refractivity contribution in [2.75, 3.05) is 39.3 Å². The minimum atomic E-state index is -0.0388. The number of aromatic nitrogens is 1. The van der Waals surface area contributed by atoms with E-state index in [2.05, 4.69) is 58.0 Å². The van der Waals surface area contributed by atoms with E-state index in [-0.39, 0.29) is 16.7 Å². The van der Waals surface area contributed by atoms with Crippen molar-refractivity contribution < 1.29 is 9.53 Å². The van der Waals surface area contributed by atoms with Gasteiger partial charge in [-0.15, -0.1) is 0 Å². The molecule has 0 radical (unpaired) electrons. The maximum absolute atomic E-state index is 11.7. The lowest BCUT2D eigenvalue weighted by Gasteiger charge is -2.34. The molecule has 0 bridgehead atoms. The van der Waals surface area contributed by atoms with E-state index < -0.39 is 0 Å². The lowest BCUT2D eigenvalue weighted by molar-refractivity contribution is -0.127. The summed E-state index contributed by atoms with van der Waals surface area (Å²) in [5.74, 6) is 0.954. The van der Waals surface area contributed by atoms with Crippen LogP contribution in [0.1, 0.15) is 52.8 Å². The van der Waals surface area contributed by atoms with Crippen molar-refractivity contribution in [2.24, 2.45) is 0 Å². The van der Waals surface area contributed by atoms with E-state index in [4.69, 9.17) is 4.74 Å². The van der Waals surface area contributed by atoms with E-state index >= 15 is 0 Å². The maximum Gasteiger partial charge on any atom is 0.246 e. The van der Waals surface area contributed by atoms with Crippen molar-refractivity contribution in [3.8, 4) is 5.75 Å². The van der Waals surface area contributed by atoms with E-state index in [1.54, 1.807) is 0 Å². The Balaban J connectivity index is 2.01. The van der Waals surface area contributed by atoms with Gasteiger partial charge in [-0.25, -0.2) is 0 Å². The van der Waals surface area contributed by atoms with Gasteiger partial charge in [-0.05, 0) is 17.6 Å². The van der Waals surface area contributed by atoms with E-state index in [1.807, 2.05) is 17.2 Å². The molecule has 1 aromatic heterocycles. The average Bonchev–Trinajstić information content (AvgIpc) is 2.60. The lowest BCUT2D eigenvalue weighted by atomic mass is 9.78. The Morgan fingerprint density at radius 3 is 2.30 bits per heavy atom. The molecule has 1 aliphatic heterocycles. The Morgan fingerprint density at radius 1 is 1.15 bits per heavy atom. The number of carbonyl (C=O) groups excluding carboxylic acids is 1. The summed E-state index contributed by atoms with van der Waals surface area (Å²) >= 11 is 0. The third kappa shape index (κ3) is 5.55. The highest BCUT2D eigenvalue weighted by Crippen LogP contribution is 2.38. The van der Waals surface area contributed by atoms with Gasteiger partial charge in [0.2, 0.25) is 5.91 Å². The third-order valence-corrected chi connectivity index (χ3v) is 4.90. The number of rotatable bonds is 5. The second-order valence-electron chi connectivity index (χ2n) is 9.25. The molecule has 0 N–H and O–H groups in total. The first kappa shape index (κ1) is 21.4. The zero-order valence-electron chi connectivity index (χ0n) is 17.8. The van der Waals surface area contributed by atoms with Crippen LogP contribution in [0.2, 0.25) is 0 Å². The molecule has 5 heteroatoms. The maximum atomic E-state index is 11.7. The first-order chi connectivity index (χ1) is 12.5. The minimum Gasteiger partial charge on any atom is -0.492 e. The van der Waals surface area contributed by atoms with Crippen LogP contribution in [0.15, 0.2) is 24.9 Å². The van der Waals surface area contributed by atoms with Gasteiger partial charge in [-0.1, -0.05) is 48.1 Å². The molecule has 0 aromatic carbocycles. The van der Waals surface area contributed by atoms with E-state index in [0.717, 1.165) is 44.2 Å². The Hall–Kier alpha value is -1.88. The summed E-state index contributed by atoms with van der Waals surface area (Å²) in [6.45, 7) is 21.5. The standard InChI is InChI=1S/C22H35N3O2/c1-8-18(26)25-13-11-24(12-14-25)15-16-27-17-9-10-23-20(22(5,6)7)19(17)21(2,3)4/h8-10H,1,11-16H2,2-7H3. The van der Waals surface area contributed by atoms with Crippen molar-refractivity contribution in [3.63, 3.8) is 0 Å². The SMILES string of the molecule is C=CC(=O)N1CCN(CCOc2ccnc(C(C)(C)C)c2C(C)(C)C)CC1. The number of piperazine rings is 1. The van der Waals surface area contributed by atoms with Crippen molar-refractivity contribution in [1.82, 2.24) is 14.8 Å². The fraction of sp³-hybridized carbons (Fsp3) is 0.636. The predicted octanol–water partition coefficient (Wildman–Crippen LogP) is 3.39. The number of nitrogens with zero attached hydrogens (tertiary/aromatic N) is 3. The number of ether oxygens (including phenoxy) is 1. The Labute approximate surface area is 164 Å². The van der Waals surface area contributed by atoms with Gasteiger partial charge in [0.1, 0.15) is 12.4 Å². The van der Waals surface area contributed by atoms with Crippen LogP contribution in [0, 0.1) is 0 Å². The van der Waals surface area contributed by atoms with Crippen LogP contribution in [0.25, 0.3) is 0 Å². The molecule has 1 aromatic rings. The molecule has 0 spiro atoms. The highest BCUT2D eigenvalue weighted by Gasteiger charge is 2.30. The zero-order valence-corrected chi connectivity index (χ0v) is 17.8. The van der Waals surface area contributed by atoms with Crippen LogP contribution in [0.4, 0.5) is 0 Å². The largest absolute Gasteiger partial charge is 0.492 e. The molecule has 0 aliphatic carbocycles. The molecule has 1 aliphatic rings. The second kappa shape index (κ2) is 8.42. The molecule has 1 fully saturated rings. The summed E-state index contributed by atoms with van der Waals surface area (Å²) in [5, 5.41) is 0. The molecule has 1 amide bonds. The first-order valence-electron chi connectivity index (χ1n) is 9.80. The van der Waals surface area contributed by atoms with Gasteiger partial charge in [-0.2, -0.15) is 0 Å². The van der Waals surface area contributed by atoms with Gasteiger partial charge in [0, 0.05) is 49.9 Å². The minimum absolute atomic E-state index is 0.0206. The molecular formula is C22H35N3O2. The van der Waals surface area contributed by atoms with Gasteiger partial charge in [0.15, 0.2) is 0 Å². The molecule has 0 atom stereocenters. The number of hydrogen-bond donors (Lipinski definition) is 0. The van der Waals surface area contributed by atoms with Gasteiger partial charge < -0.3 is 9.64 Å². The highest BCUT2D eigenvalue weighted by molar-refractivity contribution is 5.87. The zero-order chi connectivity index (χ0) is 20.2. The second-order valence-corrected chi connectivity index (χ2v) is 9.25. The van der Waals surface area contributed by atoms with Gasteiger partial charge >= 0.3 is 0 Å². The number of carbonyl (C=O) groups is 1. The van der Waals surface area contributed by atoms with Crippen LogP contribution in [-0.2, 0) is 15.6 Å². The van der Waals surface area contributed by atoms with Crippen molar-refractivity contribution in [2.45, 2.75) is 52.4 Å². The van der Waals surface area contributed by atoms with Crippen molar-refractivity contribution in [3.05, 3.63) is 36.2 Å². The molecule has 0 unspecified atom stereocenters. The summed E-state index contributed by atoms with van der Waals surface area (Å²) in [7, 11) is 0. The van der Waals surface area contributed by atoms with Gasteiger partial charge in [0.05, 0.1) is 5.69 Å². The fourth-order valence-corrected chi connectivity index (χ4v) is 3.46. The third-order valence-electron chi connectivity index (χ3n) is 4.90. The van der Waals surface area contributed by atoms with Gasteiger partial charge in [0.25, 0.3) is 0 Å². The molecule has 150 valence electrons. The van der Waals surface area contributed by atoms with Crippen LogP contribution in [0.3, 0.4) is 0 Å². The Kier molecular flexibility index (Phi) is 6.68. The van der Waals surface area contributed by atoms with Crippen molar-refractivity contribution in [1.29, 1.82) is 0 Å². The van der Waals surface area contributed by atoms with Crippen LogP contribution >= 0.6 is 0 Å². The van der Waals surface area contributed by atoms with E-state index in [1.165, 1.54) is 11.6 Å². The summed E-state index contributed by atoms with van der Waals surface area (Å²) in [6, 6.07) is 1.98. The molecule has 27 heavy (non-hydrogen) atoms. The van der Waals surface area contributed by atoms with E-state index in [0.29, 0.717) is 6.61 Å². The predicted molar refractivity (Wildman–Crippen MR) is 110 cm³/mol. The first-order valence-corrected chi connectivity index (χ1v) is 9.80. The number of hydrogen-bond acceptors (Lipinski definition) is 4. The Morgan fingerprint density at radius 2 is 1.78 bits per heavy atom. The number of amides is 1. The quantitative estimate of drug-likeness (QED) is 0.742. The molecule has 1 saturated heterocycles. The topological polar surface area (TPSA) is 45.7 Å². The van der Waals surface area contributed by atoms with Crippen LogP contribution in [-0.4, -0.2) is 60.0 Å². The van der Waals surface area contributed by atoms with Crippen LogP contribution in [0.5, 0.6) is 5.75 Å². The van der Waals surface area contributed by atoms with Crippen LogP contribution < -0.4 is 4.74 Å². The molecular weight excluding hydrogens is 338 g/mol. The molecule has 2 heterocycles. The summed E-state index contributed by atoms with van der Waals surface area (Å²) in [6.07, 6.45) is 3.24. The summed E-state index contributed by atoms with van der Waals surface area (Å²) < 4.78 is 6.22. The van der Waals surface area contributed by atoms with E-state index in [9.17, 15) is 4.79 Å². The highest BCUT2D eigenvalue weighted by atomic mass is 16.5.